The highest BCUT2D eigenvalue weighted by atomic mass is 16.2. The summed E-state index contributed by atoms with van der Waals surface area (Å²) in [5, 5.41) is 3.14. The minimum absolute atomic E-state index is 0.108. The second kappa shape index (κ2) is 8.62. The summed E-state index contributed by atoms with van der Waals surface area (Å²) in [6.45, 7) is 6.95. The first-order valence-electron chi connectivity index (χ1n) is 11.5. The predicted molar refractivity (Wildman–Crippen MR) is 134 cm³/mol. The number of benzene rings is 3. The van der Waals surface area contributed by atoms with E-state index >= 15 is 0 Å². The molecule has 1 aromatic heterocycles. The molecule has 0 aliphatic carbocycles. The fourth-order valence-corrected chi connectivity index (χ4v) is 4.67. The van der Waals surface area contributed by atoms with Crippen molar-refractivity contribution in [1.29, 1.82) is 0 Å². The Bertz CT molecular complexity index is 1290. The van der Waals surface area contributed by atoms with Crippen LogP contribution in [0.25, 0.3) is 5.69 Å². The van der Waals surface area contributed by atoms with Crippen LogP contribution in [0.2, 0.25) is 0 Å². The number of aromatic nitrogens is 1. The van der Waals surface area contributed by atoms with Crippen LogP contribution in [0.3, 0.4) is 0 Å². The number of amides is 2. The van der Waals surface area contributed by atoms with Gasteiger partial charge in [-0.1, -0.05) is 68.4 Å². The molecule has 5 rings (SSSR count). The lowest BCUT2D eigenvalue weighted by molar-refractivity contribution is 0.194. The zero-order valence-electron chi connectivity index (χ0n) is 19.3. The van der Waals surface area contributed by atoms with Gasteiger partial charge in [-0.3, -0.25) is 0 Å². The molecular weight excluding hydrogens is 406 g/mol. The molecule has 0 radical (unpaired) electrons. The molecule has 0 bridgehead atoms. The molecule has 1 N–H and O–H groups in total. The van der Waals surface area contributed by atoms with Crippen LogP contribution in [-0.4, -0.2) is 15.5 Å². The number of anilines is 1. The van der Waals surface area contributed by atoms with Gasteiger partial charge in [-0.15, -0.1) is 0 Å². The largest absolute Gasteiger partial charge is 0.322 e. The highest BCUT2D eigenvalue weighted by Gasteiger charge is 2.33. The van der Waals surface area contributed by atoms with Crippen LogP contribution in [0, 0.1) is 6.92 Å². The fraction of sp³-hybridized carbons (Fsp3) is 0.207. The van der Waals surface area contributed by atoms with E-state index in [0.29, 0.717) is 12.5 Å². The summed E-state index contributed by atoms with van der Waals surface area (Å²) < 4.78 is 2.22. The maximum atomic E-state index is 13.7. The van der Waals surface area contributed by atoms with Crippen molar-refractivity contribution >= 4 is 11.7 Å². The minimum Gasteiger partial charge on any atom is -0.318 e. The molecule has 0 fully saturated rings. The SMILES string of the molecule is Cc1cccc(NC(=O)N2Cc3ccccc3-n3cccc3[C@@H]2c2ccc(C(C)C)cc2)c1. The maximum Gasteiger partial charge on any atom is 0.322 e. The number of carbonyl (C=O) groups excluding carboxylic acids is 1. The van der Waals surface area contributed by atoms with Gasteiger partial charge < -0.3 is 14.8 Å². The van der Waals surface area contributed by atoms with Crippen LogP contribution in [0.15, 0.2) is 91.1 Å². The molecule has 2 amide bonds. The third-order valence-electron chi connectivity index (χ3n) is 6.41. The number of urea groups is 1. The first-order chi connectivity index (χ1) is 16.0. The van der Waals surface area contributed by atoms with E-state index in [1.165, 1.54) is 5.56 Å². The van der Waals surface area contributed by atoms with E-state index < -0.39 is 0 Å². The second-order valence-electron chi connectivity index (χ2n) is 9.08. The lowest BCUT2D eigenvalue weighted by Gasteiger charge is -2.31. The Morgan fingerprint density at radius 3 is 2.48 bits per heavy atom. The van der Waals surface area contributed by atoms with E-state index in [1.807, 2.05) is 42.2 Å². The summed E-state index contributed by atoms with van der Waals surface area (Å²) in [7, 11) is 0. The van der Waals surface area contributed by atoms with Gasteiger partial charge in [0.15, 0.2) is 0 Å². The maximum absolute atomic E-state index is 13.7. The van der Waals surface area contributed by atoms with Crippen molar-refractivity contribution in [2.45, 2.75) is 39.3 Å². The zero-order chi connectivity index (χ0) is 22.9. The lowest BCUT2D eigenvalue weighted by Crippen LogP contribution is -2.37. The van der Waals surface area contributed by atoms with Crippen LogP contribution >= 0.6 is 0 Å². The molecule has 2 heterocycles. The average Bonchev–Trinajstić information content (AvgIpc) is 3.23. The third kappa shape index (κ3) is 4.05. The number of fused-ring (bicyclic) bond motifs is 3. The third-order valence-corrected chi connectivity index (χ3v) is 6.41. The molecule has 4 heteroatoms. The van der Waals surface area contributed by atoms with Crippen molar-refractivity contribution in [2.24, 2.45) is 0 Å². The fourth-order valence-electron chi connectivity index (χ4n) is 4.67. The van der Waals surface area contributed by atoms with Crippen molar-refractivity contribution in [3.63, 3.8) is 0 Å². The molecular formula is C29H29N3O. The summed E-state index contributed by atoms with van der Waals surface area (Å²) in [6.07, 6.45) is 2.09. The summed E-state index contributed by atoms with van der Waals surface area (Å²) in [5.41, 5.74) is 7.64. The zero-order valence-corrected chi connectivity index (χ0v) is 19.3. The van der Waals surface area contributed by atoms with Gasteiger partial charge in [0, 0.05) is 17.6 Å². The van der Waals surface area contributed by atoms with Crippen molar-refractivity contribution in [3.8, 4) is 5.69 Å². The van der Waals surface area contributed by atoms with Gasteiger partial charge in [0.2, 0.25) is 0 Å². The Morgan fingerprint density at radius 1 is 0.939 bits per heavy atom. The van der Waals surface area contributed by atoms with E-state index in [0.717, 1.165) is 33.8 Å². The monoisotopic (exact) mass is 435 g/mol. The standard InChI is InChI=1S/C29H29N3O/c1-20(2)22-13-15-23(16-14-22)28-27-12-7-17-31(27)26-11-5-4-9-24(26)19-32(28)29(33)30-25-10-6-8-21(3)18-25/h4-18,20,28H,19H2,1-3H3,(H,30,33)/t28-/m0/s1. The van der Waals surface area contributed by atoms with E-state index in [1.54, 1.807) is 0 Å². The number of nitrogens with one attached hydrogen (secondary N) is 1. The van der Waals surface area contributed by atoms with Gasteiger partial charge in [-0.05, 0) is 65.4 Å². The van der Waals surface area contributed by atoms with Crippen LogP contribution in [-0.2, 0) is 6.54 Å². The molecule has 4 nitrogen and oxygen atoms in total. The first-order valence-corrected chi connectivity index (χ1v) is 11.5. The second-order valence-corrected chi connectivity index (χ2v) is 9.08. The molecule has 0 unspecified atom stereocenters. The molecule has 1 aliphatic heterocycles. The average molecular weight is 436 g/mol. The normalized spacial score (nSPS) is 15.0. The molecule has 1 atom stereocenters. The molecule has 4 aromatic rings. The molecule has 0 saturated carbocycles. The predicted octanol–water partition coefficient (Wildman–Crippen LogP) is 7.05. The molecule has 0 spiro atoms. The quantitative estimate of drug-likeness (QED) is 0.368. The van der Waals surface area contributed by atoms with Crippen LogP contribution in [0.4, 0.5) is 10.5 Å². The number of hydrogen-bond donors (Lipinski definition) is 1. The summed E-state index contributed by atoms with van der Waals surface area (Å²) in [5.74, 6) is 0.460. The van der Waals surface area contributed by atoms with E-state index in [4.69, 9.17) is 0 Å². The molecule has 166 valence electrons. The van der Waals surface area contributed by atoms with Gasteiger partial charge in [0.1, 0.15) is 0 Å². The highest BCUT2D eigenvalue weighted by Crippen LogP contribution is 2.37. The Labute approximate surface area is 195 Å². The number of para-hydroxylation sites is 1. The first kappa shape index (κ1) is 21.1. The highest BCUT2D eigenvalue weighted by molar-refractivity contribution is 5.90. The van der Waals surface area contributed by atoms with Crippen LogP contribution < -0.4 is 5.32 Å². The van der Waals surface area contributed by atoms with Gasteiger partial charge in [0.05, 0.1) is 18.3 Å². The van der Waals surface area contributed by atoms with E-state index in [-0.39, 0.29) is 12.1 Å². The number of hydrogen-bond acceptors (Lipinski definition) is 1. The molecule has 0 saturated heterocycles. The minimum atomic E-state index is -0.210. The van der Waals surface area contributed by atoms with E-state index in [2.05, 4.69) is 84.5 Å². The van der Waals surface area contributed by atoms with Gasteiger partial charge in [-0.2, -0.15) is 0 Å². The summed E-state index contributed by atoms with van der Waals surface area (Å²) in [4.78, 5) is 15.7. The summed E-state index contributed by atoms with van der Waals surface area (Å²) >= 11 is 0. The van der Waals surface area contributed by atoms with Crippen molar-refractivity contribution in [1.82, 2.24) is 9.47 Å². The molecule has 1 aliphatic rings. The van der Waals surface area contributed by atoms with Gasteiger partial charge in [0.25, 0.3) is 0 Å². The Kier molecular flexibility index (Phi) is 5.51. The van der Waals surface area contributed by atoms with Gasteiger partial charge in [-0.25, -0.2) is 4.79 Å². The number of aryl methyl sites for hydroxylation is 1. The number of carbonyl (C=O) groups is 1. The molecule has 33 heavy (non-hydrogen) atoms. The van der Waals surface area contributed by atoms with Crippen LogP contribution in [0.5, 0.6) is 0 Å². The van der Waals surface area contributed by atoms with Crippen molar-refractivity contribution in [3.05, 3.63) is 119 Å². The van der Waals surface area contributed by atoms with Crippen molar-refractivity contribution in [2.75, 3.05) is 5.32 Å². The Hall–Kier alpha value is -3.79. The van der Waals surface area contributed by atoms with Crippen LogP contribution in [0.1, 0.15) is 53.8 Å². The smallest absolute Gasteiger partial charge is 0.318 e. The Morgan fingerprint density at radius 2 is 1.73 bits per heavy atom. The number of nitrogens with zero attached hydrogens (tertiary/aromatic N) is 2. The number of rotatable bonds is 3. The molecule has 3 aromatic carbocycles. The summed E-state index contributed by atoms with van der Waals surface area (Å²) in [6, 6.07) is 28.8. The van der Waals surface area contributed by atoms with E-state index in [9.17, 15) is 4.79 Å². The van der Waals surface area contributed by atoms with Gasteiger partial charge >= 0.3 is 6.03 Å². The van der Waals surface area contributed by atoms with Crippen molar-refractivity contribution < 1.29 is 4.79 Å². The Balaban J connectivity index is 1.61. The lowest BCUT2D eigenvalue weighted by atomic mass is 9.97. The topological polar surface area (TPSA) is 37.3 Å².